The van der Waals surface area contributed by atoms with E-state index in [1.165, 1.54) is 11.1 Å². The summed E-state index contributed by atoms with van der Waals surface area (Å²) < 4.78 is 13.7. The maximum atomic E-state index is 13.7. The van der Waals surface area contributed by atoms with Gasteiger partial charge in [-0.15, -0.1) is 0 Å². The molecule has 0 radical (unpaired) electrons. The lowest BCUT2D eigenvalue weighted by Crippen LogP contribution is -1.86. The number of allylic oxidation sites excluding steroid dienone is 4. The number of benzene rings is 2. The van der Waals surface area contributed by atoms with Crippen LogP contribution in [0.25, 0.3) is 16.3 Å². The summed E-state index contributed by atoms with van der Waals surface area (Å²) in [6, 6.07) is 11.1. The van der Waals surface area contributed by atoms with Crippen LogP contribution in [0.2, 0.25) is 0 Å². The first-order valence-corrected chi connectivity index (χ1v) is 5.80. The van der Waals surface area contributed by atoms with E-state index in [2.05, 4.69) is 19.1 Å². The number of rotatable bonds is 1. The summed E-state index contributed by atoms with van der Waals surface area (Å²) in [5, 5.41) is 1.69. The van der Waals surface area contributed by atoms with Crippen LogP contribution in [0.5, 0.6) is 0 Å². The number of hydrogen-bond acceptors (Lipinski definition) is 0. The molecule has 0 bridgehead atoms. The Morgan fingerprint density at radius 2 is 1.76 bits per heavy atom. The van der Waals surface area contributed by atoms with Gasteiger partial charge < -0.3 is 0 Å². The predicted molar refractivity (Wildman–Crippen MR) is 70.3 cm³/mol. The molecule has 0 saturated carbocycles. The van der Waals surface area contributed by atoms with Crippen LogP contribution in [0.15, 0.2) is 54.1 Å². The smallest absolute Gasteiger partial charge is 0.131 e. The van der Waals surface area contributed by atoms with E-state index in [0.29, 0.717) is 5.39 Å². The van der Waals surface area contributed by atoms with Gasteiger partial charge in [-0.05, 0) is 35.9 Å². The minimum absolute atomic E-state index is 0.149. The van der Waals surface area contributed by atoms with Crippen LogP contribution in [0.3, 0.4) is 0 Å². The van der Waals surface area contributed by atoms with E-state index in [1.54, 1.807) is 6.07 Å². The highest BCUT2D eigenvalue weighted by molar-refractivity contribution is 5.97. The molecule has 2 aromatic rings. The van der Waals surface area contributed by atoms with E-state index in [4.69, 9.17) is 0 Å². The van der Waals surface area contributed by atoms with Crippen molar-refractivity contribution in [3.05, 3.63) is 65.5 Å². The highest BCUT2D eigenvalue weighted by Crippen LogP contribution is 2.32. The van der Waals surface area contributed by atoms with Crippen molar-refractivity contribution in [3.63, 3.8) is 0 Å². The van der Waals surface area contributed by atoms with Crippen LogP contribution >= 0.6 is 0 Å². The van der Waals surface area contributed by atoms with Crippen molar-refractivity contribution in [2.75, 3.05) is 0 Å². The summed E-state index contributed by atoms with van der Waals surface area (Å²) in [6.45, 7) is 2.12. The molecule has 0 spiro atoms. The zero-order valence-electron chi connectivity index (χ0n) is 9.70. The van der Waals surface area contributed by atoms with Crippen LogP contribution in [0.4, 0.5) is 4.39 Å². The predicted octanol–water partition coefficient (Wildman–Crippen LogP) is 4.71. The minimum Gasteiger partial charge on any atom is -0.206 e. The molecule has 3 rings (SSSR count). The van der Waals surface area contributed by atoms with Gasteiger partial charge in [-0.25, -0.2) is 4.39 Å². The normalized spacial score (nSPS) is 14.9. The third-order valence-corrected chi connectivity index (χ3v) is 3.23. The second-order valence-electron chi connectivity index (χ2n) is 4.49. The molecule has 0 fully saturated rings. The molecule has 17 heavy (non-hydrogen) atoms. The van der Waals surface area contributed by atoms with Gasteiger partial charge in [0.2, 0.25) is 0 Å². The molecule has 0 unspecified atom stereocenters. The van der Waals surface area contributed by atoms with Crippen molar-refractivity contribution in [2.24, 2.45) is 0 Å². The molecule has 0 amide bonds. The van der Waals surface area contributed by atoms with Crippen molar-refractivity contribution in [3.8, 4) is 0 Å². The van der Waals surface area contributed by atoms with Crippen LogP contribution in [0.1, 0.15) is 18.9 Å². The Morgan fingerprint density at radius 1 is 1.00 bits per heavy atom. The Morgan fingerprint density at radius 3 is 2.47 bits per heavy atom. The van der Waals surface area contributed by atoms with Gasteiger partial charge >= 0.3 is 0 Å². The molecule has 84 valence electrons. The number of fused-ring (bicyclic) bond motifs is 1. The SMILES string of the molecule is CC1=CC(c2ccc(F)c3ccccc23)=CC1. The van der Waals surface area contributed by atoms with Crippen molar-refractivity contribution in [2.45, 2.75) is 13.3 Å². The molecular weight excluding hydrogens is 211 g/mol. The topological polar surface area (TPSA) is 0 Å². The molecule has 0 aromatic heterocycles. The fourth-order valence-electron chi connectivity index (χ4n) is 2.36. The summed E-state index contributed by atoms with van der Waals surface area (Å²) in [4.78, 5) is 0. The molecule has 0 N–H and O–H groups in total. The third kappa shape index (κ3) is 1.68. The maximum Gasteiger partial charge on any atom is 0.131 e. The first-order chi connectivity index (χ1) is 8.25. The molecule has 1 aliphatic rings. The van der Waals surface area contributed by atoms with Crippen molar-refractivity contribution in [1.82, 2.24) is 0 Å². The Balaban J connectivity index is 2.28. The maximum absolute atomic E-state index is 13.7. The molecule has 0 nitrogen and oxygen atoms in total. The minimum atomic E-state index is -0.149. The zero-order chi connectivity index (χ0) is 11.8. The number of halogens is 1. The van der Waals surface area contributed by atoms with Gasteiger partial charge in [0.05, 0.1) is 0 Å². The average molecular weight is 224 g/mol. The van der Waals surface area contributed by atoms with E-state index in [1.807, 2.05) is 30.3 Å². The van der Waals surface area contributed by atoms with Crippen molar-refractivity contribution < 1.29 is 4.39 Å². The molecule has 2 aromatic carbocycles. The molecule has 1 aliphatic carbocycles. The van der Waals surface area contributed by atoms with E-state index in [-0.39, 0.29) is 5.82 Å². The van der Waals surface area contributed by atoms with E-state index >= 15 is 0 Å². The quantitative estimate of drug-likeness (QED) is 0.658. The molecule has 1 heteroatoms. The van der Waals surface area contributed by atoms with E-state index in [9.17, 15) is 4.39 Å². The highest BCUT2D eigenvalue weighted by Gasteiger charge is 2.10. The Hall–Kier alpha value is -1.89. The van der Waals surface area contributed by atoms with Gasteiger partial charge in [0, 0.05) is 5.39 Å². The summed E-state index contributed by atoms with van der Waals surface area (Å²) in [6.07, 6.45) is 5.38. The first kappa shape index (κ1) is 10.3. The molecule has 0 saturated heterocycles. The van der Waals surface area contributed by atoms with Crippen molar-refractivity contribution in [1.29, 1.82) is 0 Å². The second kappa shape index (κ2) is 3.85. The van der Waals surface area contributed by atoms with Gasteiger partial charge in [0.15, 0.2) is 0 Å². The Labute approximate surface area is 100 Å². The van der Waals surface area contributed by atoms with Gasteiger partial charge in [-0.2, -0.15) is 0 Å². The monoisotopic (exact) mass is 224 g/mol. The summed E-state index contributed by atoms with van der Waals surface area (Å²) >= 11 is 0. The molecule has 0 aliphatic heterocycles. The lowest BCUT2D eigenvalue weighted by atomic mass is 9.98. The van der Waals surface area contributed by atoms with E-state index < -0.39 is 0 Å². The standard InChI is InChI=1S/C16H13F/c1-11-6-7-12(10-11)13-8-9-16(17)15-5-3-2-4-14(13)15/h2-5,7-10H,6H2,1H3. The van der Waals surface area contributed by atoms with Crippen molar-refractivity contribution >= 4 is 16.3 Å². The van der Waals surface area contributed by atoms with E-state index in [0.717, 1.165) is 17.4 Å². The fourth-order valence-corrected chi connectivity index (χ4v) is 2.36. The molecule has 0 heterocycles. The van der Waals surface area contributed by atoms with Crippen LogP contribution in [0, 0.1) is 5.82 Å². The summed E-state index contributed by atoms with van der Waals surface area (Å²) in [5.74, 6) is -0.149. The van der Waals surface area contributed by atoms with Gasteiger partial charge in [-0.3, -0.25) is 0 Å². The van der Waals surface area contributed by atoms with Gasteiger partial charge in [0.25, 0.3) is 0 Å². The fraction of sp³-hybridized carbons (Fsp3) is 0.125. The van der Waals surface area contributed by atoms with Gasteiger partial charge in [-0.1, -0.05) is 48.1 Å². The molecular formula is C16H13F. The second-order valence-corrected chi connectivity index (χ2v) is 4.49. The summed E-state index contributed by atoms with van der Waals surface area (Å²) in [5.41, 5.74) is 3.69. The van der Waals surface area contributed by atoms with Gasteiger partial charge in [0.1, 0.15) is 5.82 Å². The molecule has 0 atom stereocenters. The largest absolute Gasteiger partial charge is 0.206 e. The van der Waals surface area contributed by atoms with Crippen LogP contribution in [-0.4, -0.2) is 0 Å². The third-order valence-electron chi connectivity index (χ3n) is 3.23. The lowest BCUT2D eigenvalue weighted by Gasteiger charge is -2.07. The zero-order valence-corrected chi connectivity index (χ0v) is 9.70. The summed E-state index contributed by atoms with van der Waals surface area (Å²) in [7, 11) is 0. The Kier molecular flexibility index (Phi) is 2.32. The Bertz CT molecular complexity index is 648. The average Bonchev–Trinajstić information content (AvgIpc) is 2.77. The van der Waals surface area contributed by atoms with Crippen LogP contribution in [-0.2, 0) is 0 Å². The lowest BCUT2D eigenvalue weighted by molar-refractivity contribution is 0.640. The highest BCUT2D eigenvalue weighted by atomic mass is 19.1. The van der Waals surface area contributed by atoms with Crippen LogP contribution < -0.4 is 0 Å². The number of hydrogen-bond donors (Lipinski definition) is 0. The first-order valence-electron chi connectivity index (χ1n) is 5.80.